The molecule has 0 atom stereocenters. The van der Waals surface area contributed by atoms with Crippen molar-refractivity contribution in [2.45, 2.75) is 51.2 Å². The number of aromatic nitrogens is 6. The highest BCUT2D eigenvalue weighted by Crippen LogP contribution is 2.37. The molecule has 0 unspecified atom stereocenters. The van der Waals surface area contributed by atoms with Gasteiger partial charge in [0.1, 0.15) is 17.6 Å². The summed E-state index contributed by atoms with van der Waals surface area (Å²) < 4.78 is 57.2. The standard InChI is InChI=1S/C22H23F3N8O2/c1-11(34)28-22(2)7-13(8-22)26-21-27-20(35-3)19-18(14(23)9-33(19)30-21)12-4-5-15-16(6-12)32(31-29-15)10-17(24)25/h4-6,9,13,17H,7-8,10H2,1-3H3,(H,26,30)(H,28,34)/i9D. The molecule has 0 radical (unpaired) electrons. The summed E-state index contributed by atoms with van der Waals surface area (Å²) in [6, 6.07) is 4.55. The van der Waals surface area contributed by atoms with E-state index in [-0.39, 0.29) is 40.4 Å². The van der Waals surface area contributed by atoms with Crippen LogP contribution in [0, 0.1) is 5.82 Å². The van der Waals surface area contributed by atoms with Crippen molar-refractivity contribution in [1.29, 1.82) is 0 Å². The lowest BCUT2D eigenvalue weighted by molar-refractivity contribution is -0.121. The number of ether oxygens (including phenoxy) is 1. The molecule has 35 heavy (non-hydrogen) atoms. The molecule has 0 saturated heterocycles. The zero-order valence-electron chi connectivity index (χ0n) is 20.1. The van der Waals surface area contributed by atoms with Crippen LogP contribution < -0.4 is 15.4 Å². The van der Waals surface area contributed by atoms with Gasteiger partial charge in [-0.2, -0.15) is 4.98 Å². The largest absolute Gasteiger partial charge is 0.479 e. The van der Waals surface area contributed by atoms with Crippen LogP contribution in [0.4, 0.5) is 19.1 Å². The highest BCUT2D eigenvalue weighted by molar-refractivity contribution is 5.89. The van der Waals surface area contributed by atoms with Gasteiger partial charge in [0.15, 0.2) is 5.82 Å². The Morgan fingerprint density at radius 1 is 1.40 bits per heavy atom. The third-order valence-electron chi connectivity index (χ3n) is 5.99. The molecule has 0 spiro atoms. The number of carbonyl (C=O) groups excluding carboxylic acids is 1. The fourth-order valence-corrected chi connectivity index (χ4v) is 4.65. The van der Waals surface area contributed by atoms with Crippen molar-refractivity contribution in [3.05, 3.63) is 30.2 Å². The van der Waals surface area contributed by atoms with E-state index in [9.17, 15) is 13.6 Å². The van der Waals surface area contributed by atoms with Crippen LogP contribution in [0.3, 0.4) is 0 Å². The highest BCUT2D eigenvalue weighted by atomic mass is 19.3. The number of anilines is 1. The molecule has 0 bridgehead atoms. The summed E-state index contributed by atoms with van der Waals surface area (Å²) in [4.78, 5) is 15.8. The van der Waals surface area contributed by atoms with E-state index in [2.05, 4.69) is 31.0 Å². The number of nitrogens with one attached hydrogen (secondary N) is 2. The maximum Gasteiger partial charge on any atom is 0.258 e. The number of amides is 1. The minimum Gasteiger partial charge on any atom is -0.479 e. The van der Waals surface area contributed by atoms with Gasteiger partial charge in [-0.05, 0) is 37.5 Å². The number of methoxy groups -OCH3 is 1. The molecule has 1 aliphatic carbocycles. The number of hydrogen-bond acceptors (Lipinski definition) is 7. The van der Waals surface area contributed by atoms with E-state index >= 15 is 4.39 Å². The molecule has 3 heterocycles. The Morgan fingerprint density at radius 3 is 2.86 bits per heavy atom. The molecule has 13 heteroatoms. The third kappa shape index (κ3) is 4.21. The van der Waals surface area contributed by atoms with Crippen molar-refractivity contribution in [1.82, 2.24) is 34.9 Å². The number of fused-ring (bicyclic) bond motifs is 2. The lowest BCUT2D eigenvalue weighted by Gasteiger charge is -2.45. The molecule has 4 aromatic rings. The Morgan fingerprint density at radius 2 is 2.17 bits per heavy atom. The fourth-order valence-electron chi connectivity index (χ4n) is 4.65. The quantitative estimate of drug-likeness (QED) is 0.411. The van der Waals surface area contributed by atoms with Crippen molar-refractivity contribution < 1.29 is 24.1 Å². The Hall–Kier alpha value is -3.90. The van der Waals surface area contributed by atoms with E-state index in [4.69, 9.17) is 6.11 Å². The van der Waals surface area contributed by atoms with Crippen molar-refractivity contribution in [2.24, 2.45) is 0 Å². The molecule has 1 aliphatic rings. The molecule has 1 aromatic carbocycles. The van der Waals surface area contributed by atoms with Crippen LogP contribution in [0.1, 0.15) is 28.1 Å². The van der Waals surface area contributed by atoms with Crippen molar-refractivity contribution in [3.8, 4) is 17.0 Å². The van der Waals surface area contributed by atoms with E-state index in [0.29, 0.717) is 29.4 Å². The predicted octanol–water partition coefficient (Wildman–Crippen LogP) is 3.02. The Kier molecular flexibility index (Phi) is 5.19. The number of nitrogens with zero attached hydrogens (tertiary/aromatic N) is 6. The summed E-state index contributed by atoms with van der Waals surface area (Å²) in [5.41, 5.74) is 0.752. The number of benzene rings is 1. The second-order valence-corrected chi connectivity index (χ2v) is 8.86. The molecule has 184 valence electrons. The van der Waals surface area contributed by atoms with Gasteiger partial charge in [0.2, 0.25) is 17.7 Å². The lowest BCUT2D eigenvalue weighted by Crippen LogP contribution is -2.59. The molecular formula is C22H23F3N8O2. The van der Waals surface area contributed by atoms with Crippen LogP contribution in [-0.2, 0) is 11.3 Å². The van der Waals surface area contributed by atoms with E-state index in [0.717, 1.165) is 9.20 Å². The van der Waals surface area contributed by atoms with Crippen molar-refractivity contribution in [2.75, 3.05) is 12.4 Å². The maximum absolute atomic E-state index is 15.4. The molecule has 1 amide bonds. The van der Waals surface area contributed by atoms with Gasteiger partial charge >= 0.3 is 0 Å². The number of rotatable bonds is 7. The highest BCUT2D eigenvalue weighted by Gasteiger charge is 2.41. The van der Waals surface area contributed by atoms with Crippen LogP contribution in [0.2, 0.25) is 0 Å². The van der Waals surface area contributed by atoms with E-state index in [1.807, 2.05) is 6.92 Å². The van der Waals surface area contributed by atoms with Crippen LogP contribution in [0.5, 0.6) is 5.88 Å². The maximum atomic E-state index is 15.4. The lowest BCUT2D eigenvalue weighted by atomic mass is 9.74. The molecule has 1 fully saturated rings. The number of hydrogen-bond donors (Lipinski definition) is 2. The molecule has 5 rings (SSSR count). The van der Waals surface area contributed by atoms with E-state index < -0.39 is 25.0 Å². The minimum absolute atomic E-state index is 0.00280. The van der Waals surface area contributed by atoms with Gasteiger partial charge in [-0.15, -0.1) is 10.2 Å². The van der Waals surface area contributed by atoms with Gasteiger partial charge < -0.3 is 15.4 Å². The SMILES string of the molecule is [2H]c1c(F)c(-c2ccc3nnn(CC(F)F)c3c2)c2c(OC)nc(NC3CC(C)(NC(C)=O)C3)nn12. The second kappa shape index (κ2) is 8.40. The third-order valence-corrected chi connectivity index (χ3v) is 5.99. The Bertz CT molecular complexity index is 1480. The van der Waals surface area contributed by atoms with Gasteiger partial charge in [0.25, 0.3) is 6.43 Å². The average molecular weight is 489 g/mol. The topological polar surface area (TPSA) is 111 Å². The monoisotopic (exact) mass is 489 g/mol. The van der Waals surface area contributed by atoms with Gasteiger partial charge in [0, 0.05) is 18.5 Å². The summed E-state index contributed by atoms with van der Waals surface area (Å²) in [5.74, 6) is -0.813. The van der Waals surface area contributed by atoms with Gasteiger partial charge in [-0.1, -0.05) is 11.3 Å². The Balaban J connectivity index is 1.53. The van der Waals surface area contributed by atoms with E-state index in [1.165, 1.54) is 26.2 Å². The second-order valence-electron chi connectivity index (χ2n) is 8.86. The molecular weight excluding hydrogens is 465 g/mol. The Labute approximate surface area is 198 Å². The first-order valence-electron chi connectivity index (χ1n) is 11.4. The zero-order chi connectivity index (χ0) is 25.8. The van der Waals surface area contributed by atoms with Crippen molar-refractivity contribution >= 4 is 28.4 Å². The zero-order valence-corrected chi connectivity index (χ0v) is 19.1. The number of alkyl halides is 2. The molecule has 1 saturated carbocycles. The first-order chi connectivity index (χ1) is 17.1. The molecule has 10 nitrogen and oxygen atoms in total. The van der Waals surface area contributed by atoms with Gasteiger partial charge in [0.05, 0.1) is 25.7 Å². The molecule has 0 aliphatic heterocycles. The molecule has 2 N–H and O–H groups in total. The summed E-state index contributed by atoms with van der Waals surface area (Å²) in [5, 5.41) is 18.0. The van der Waals surface area contributed by atoms with Crippen LogP contribution in [-0.4, -0.2) is 60.6 Å². The normalized spacial score (nSPS) is 20.2. The minimum atomic E-state index is -2.64. The summed E-state index contributed by atoms with van der Waals surface area (Å²) in [7, 11) is 1.37. The summed E-state index contributed by atoms with van der Waals surface area (Å²) in [6.45, 7) is 2.74. The fraction of sp³-hybridized carbons (Fsp3) is 0.409. The number of halogens is 3. The van der Waals surface area contributed by atoms with Gasteiger partial charge in [-0.3, -0.25) is 4.79 Å². The van der Waals surface area contributed by atoms with E-state index in [1.54, 1.807) is 6.07 Å². The van der Waals surface area contributed by atoms with Crippen LogP contribution >= 0.6 is 0 Å². The van der Waals surface area contributed by atoms with Gasteiger partial charge in [-0.25, -0.2) is 22.4 Å². The summed E-state index contributed by atoms with van der Waals surface area (Å²) >= 11 is 0. The molecule has 3 aromatic heterocycles. The van der Waals surface area contributed by atoms with Crippen molar-refractivity contribution in [3.63, 3.8) is 0 Å². The van der Waals surface area contributed by atoms with Crippen LogP contribution in [0.25, 0.3) is 27.7 Å². The van der Waals surface area contributed by atoms with Crippen LogP contribution in [0.15, 0.2) is 24.4 Å². The average Bonchev–Trinajstić information content (AvgIpc) is 3.29. The predicted molar refractivity (Wildman–Crippen MR) is 121 cm³/mol. The smallest absolute Gasteiger partial charge is 0.258 e. The first-order valence-corrected chi connectivity index (χ1v) is 10.9. The summed E-state index contributed by atoms with van der Waals surface area (Å²) in [6.07, 6.45) is -1.89. The number of carbonyl (C=O) groups is 1. The first kappa shape index (κ1) is 21.6.